The number of hydrogen-bond donors (Lipinski definition) is 1. The van der Waals surface area contributed by atoms with Gasteiger partial charge in [0.15, 0.2) is 16.2 Å². The van der Waals surface area contributed by atoms with Gasteiger partial charge < -0.3 is 9.47 Å². The lowest BCUT2D eigenvalue weighted by Gasteiger charge is -2.42. The number of aliphatic imine (C=N–C) groups is 1. The number of rotatable bonds is 2. The van der Waals surface area contributed by atoms with Crippen molar-refractivity contribution < 1.29 is 9.69 Å². The van der Waals surface area contributed by atoms with Crippen LogP contribution in [0.25, 0.3) is 0 Å². The molecule has 2 fully saturated rings. The van der Waals surface area contributed by atoms with Crippen molar-refractivity contribution in [2.45, 2.75) is 31.7 Å². The van der Waals surface area contributed by atoms with Gasteiger partial charge in [0.25, 0.3) is 5.56 Å². The molecule has 0 spiro atoms. The second-order valence-corrected chi connectivity index (χ2v) is 9.40. The number of carbonyl (C=O) groups excluding carboxylic acids is 1. The average molecular weight is 405 g/mol. The zero-order valence-corrected chi connectivity index (χ0v) is 16.6. The number of piperidine rings is 1. The second-order valence-electron chi connectivity index (χ2n) is 7.80. The Kier molecular flexibility index (Phi) is 4.33. The number of amidine groups is 1. The molecule has 0 aliphatic carbocycles. The first-order valence-electron chi connectivity index (χ1n) is 9.50. The monoisotopic (exact) mass is 404 g/mol. The van der Waals surface area contributed by atoms with Crippen LogP contribution in [-0.2, 0) is 11.3 Å². The summed E-state index contributed by atoms with van der Waals surface area (Å²) in [5, 5.41) is 4.95. The first-order valence-corrected chi connectivity index (χ1v) is 10.7. The SMILES string of the molecule is O=C1CCCN2C(=N1)SC(=S)N2C[NH+]1CC2CC(C1)c1cccc(=O)n1C2. The molecule has 1 aromatic heterocycles. The van der Waals surface area contributed by atoms with Gasteiger partial charge in [0.05, 0.1) is 13.1 Å². The lowest BCUT2D eigenvalue weighted by Crippen LogP contribution is -3.16. The zero-order chi connectivity index (χ0) is 18.5. The van der Waals surface area contributed by atoms with Crippen LogP contribution in [-0.4, -0.2) is 56.3 Å². The fourth-order valence-corrected chi connectivity index (χ4v) is 6.09. The van der Waals surface area contributed by atoms with Crippen LogP contribution < -0.4 is 10.5 Å². The molecule has 5 rings (SSSR count). The Balaban J connectivity index is 1.35. The van der Waals surface area contributed by atoms with E-state index in [2.05, 4.69) is 21.1 Å². The van der Waals surface area contributed by atoms with Crippen LogP contribution in [0.4, 0.5) is 0 Å². The number of likely N-dealkylation sites (tertiary alicyclic amines) is 1. The summed E-state index contributed by atoms with van der Waals surface area (Å²) in [4.78, 5) is 29.7. The molecule has 2 saturated heterocycles. The normalized spacial score (nSPS) is 29.9. The Morgan fingerprint density at radius 1 is 1.30 bits per heavy atom. The van der Waals surface area contributed by atoms with Gasteiger partial charge in [-0.25, -0.2) is 5.01 Å². The highest BCUT2D eigenvalue weighted by molar-refractivity contribution is 8.33. The molecule has 0 aromatic carbocycles. The Morgan fingerprint density at radius 3 is 3.07 bits per heavy atom. The smallest absolute Gasteiger partial charge is 0.250 e. The first kappa shape index (κ1) is 17.4. The topological polar surface area (TPSA) is 62.4 Å². The molecular formula is C18H22N5O2S2+. The van der Waals surface area contributed by atoms with E-state index < -0.39 is 0 Å². The van der Waals surface area contributed by atoms with Crippen LogP contribution in [0.3, 0.4) is 0 Å². The van der Waals surface area contributed by atoms with E-state index in [9.17, 15) is 9.59 Å². The quantitative estimate of drug-likeness (QED) is 0.702. The van der Waals surface area contributed by atoms with E-state index in [1.165, 1.54) is 22.4 Å². The highest BCUT2D eigenvalue weighted by atomic mass is 32.2. The molecule has 5 heterocycles. The average Bonchev–Trinajstić information content (AvgIpc) is 2.80. The number of amides is 1. The van der Waals surface area contributed by atoms with Gasteiger partial charge in [0, 0.05) is 43.1 Å². The van der Waals surface area contributed by atoms with E-state index >= 15 is 0 Å². The van der Waals surface area contributed by atoms with Crippen molar-refractivity contribution in [3.05, 3.63) is 34.2 Å². The number of pyridine rings is 1. The summed E-state index contributed by atoms with van der Waals surface area (Å²) >= 11 is 7.01. The van der Waals surface area contributed by atoms with Crippen molar-refractivity contribution in [3.63, 3.8) is 0 Å². The second kappa shape index (κ2) is 6.72. The molecule has 3 unspecified atom stereocenters. The largest absolute Gasteiger partial charge is 0.316 e. The van der Waals surface area contributed by atoms with Gasteiger partial charge in [-0.3, -0.25) is 14.6 Å². The van der Waals surface area contributed by atoms with Crippen molar-refractivity contribution >= 4 is 39.4 Å². The number of thiocarbonyl (C=S) groups is 1. The summed E-state index contributed by atoms with van der Waals surface area (Å²) in [5.74, 6) is 0.893. The molecule has 4 aliphatic rings. The summed E-state index contributed by atoms with van der Waals surface area (Å²) in [6.45, 7) is 4.45. The summed E-state index contributed by atoms with van der Waals surface area (Å²) in [6, 6.07) is 5.65. The number of fused-ring (bicyclic) bond motifs is 5. The lowest BCUT2D eigenvalue weighted by molar-refractivity contribution is -0.921. The minimum Gasteiger partial charge on any atom is -0.316 e. The third kappa shape index (κ3) is 3.11. The number of nitrogens with zero attached hydrogens (tertiary/aromatic N) is 4. The Bertz CT molecular complexity index is 898. The molecule has 3 atom stereocenters. The number of hydrogen-bond acceptors (Lipinski definition) is 5. The van der Waals surface area contributed by atoms with Crippen molar-refractivity contribution in [3.8, 4) is 0 Å². The molecular weight excluding hydrogens is 382 g/mol. The van der Waals surface area contributed by atoms with Crippen LogP contribution in [0.15, 0.2) is 28.0 Å². The summed E-state index contributed by atoms with van der Waals surface area (Å²) in [7, 11) is 0. The van der Waals surface area contributed by atoms with E-state index in [4.69, 9.17) is 12.2 Å². The maximum Gasteiger partial charge on any atom is 0.250 e. The van der Waals surface area contributed by atoms with E-state index in [0.29, 0.717) is 18.3 Å². The van der Waals surface area contributed by atoms with Crippen LogP contribution >= 0.6 is 24.0 Å². The predicted molar refractivity (Wildman–Crippen MR) is 108 cm³/mol. The maximum atomic E-state index is 12.2. The van der Waals surface area contributed by atoms with Gasteiger partial charge in [0.2, 0.25) is 5.91 Å². The third-order valence-electron chi connectivity index (χ3n) is 5.93. The molecule has 7 nitrogen and oxygen atoms in total. The lowest BCUT2D eigenvalue weighted by atomic mass is 9.83. The van der Waals surface area contributed by atoms with Crippen molar-refractivity contribution in [2.75, 3.05) is 26.3 Å². The molecule has 2 bridgehead atoms. The molecule has 0 radical (unpaired) electrons. The summed E-state index contributed by atoms with van der Waals surface area (Å²) < 4.78 is 2.75. The number of thioether (sulfide) groups is 1. The van der Waals surface area contributed by atoms with Crippen molar-refractivity contribution in [1.29, 1.82) is 0 Å². The van der Waals surface area contributed by atoms with Crippen LogP contribution in [0.2, 0.25) is 0 Å². The molecule has 1 amide bonds. The standard InChI is InChI=1S/C18H21N5O2S2/c24-15-4-2-6-22-17(19-15)27-18(26)23(22)11-20-8-12-7-13(10-20)14-3-1-5-16(25)21(14)9-12/h1,3,5,12-13H,2,4,6-11H2/p+1. The first-order chi connectivity index (χ1) is 13.1. The van der Waals surface area contributed by atoms with Crippen LogP contribution in [0, 0.1) is 5.92 Å². The predicted octanol–water partition coefficient (Wildman–Crippen LogP) is 0.0349. The van der Waals surface area contributed by atoms with Gasteiger partial charge in [-0.1, -0.05) is 18.3 Å². The molecule has 142 valence electrons. The van der Waals surface area contributed by atoms with E-state index in [1.54, 1.807) is 6.07 Å². The van der Waals surface area contributed by atoms with E-state index in [-0.39, 0.29) is 11.5 Å². The molecule has 1 aromatic rings. The fourth-order valence-electron chi connectivity index (χ4n) is 4.84. The summed E-state index contributed by atoms with van der Waals surface area (Å²) in [5.41, 5.74) is 1.30. The number of nitrogens with one attached hydrogen (secondary N) is 1. The highest BCUT2D eigenvalue weighted by Crippen LogP contribution is 2.31. The van der Waals surface area contributed by atoms with E-state index in [0.717, 1.165) is 55.2 Å². The fraction of sp³-hybridized carbons (Fsp3) is 0.556. The molecule has 27 heavy (non-hydrogen) atoms. The molecule has 9 heteroatoms. The van der Waals surface area contributed by atoms with Gasteiger partial charge in [0.1, 0.15) is 0 Å². The minimum absolute atomic E-state index is 0.0495. The minimum atomic E-state index is -0.0495. The summed E-state index contributed by atoms with van der Waals surface area (Å²) in [6.07, 6.45) is 2.48. The number of carbonyl (C=O) groups is 1. The molecule has 4 aliphatic heterocycles. The van der Waals surface area contributed by atoms with E-state index in [1.807, 2.05) is 10.6 Å². The third-order valence-corrected chi connectivity index (χ3v) is 7.26. The Morgan fingerprint density at radius 2 is 2.19 bits per heavy atom. The number of aromatic nitrogens is 1. The molecule has 0 saturated carbocycles. The van der Waals surface area contributed by atoms with Gasteiger partial charge >= 0.3 is 0 Å². The Labute approximate surface area is 167 Å². The number of quaternary nitrogens is 1. The van der Waals surface area contributed by atoms with Crippen LogP contribution in [0.1, 0.15) is 30.9 Å². The van der Waals surface area contributed by atoms with Crippen molar-refractivity contribution in [1.82, 2.24) is 14.6 Å². The van der Waals surface area contributed by atoms with Gasteiger partial charge in [-0.05, 0) is 30.7 Å². The molecule has 1 N–H and O–H groups in total. The van der Waals surface area contributed by atoms with Crippen molar-refractivity contribution in [2.24, 2.45) is 10.9 Å². The van der Waals surface area contributed by atoms with Gasteiger partial charge in [-0.15, -0.1) is 0 Å². The number of hydrazine groups is 1. The highest BCUT2D eigenvalue weighted by Gasteiger charge is 2.41. The maximum absolute atomic E-state index is 12.2. The zero-order valence-electron chi connectivity index (χ0n) is 15.0. The van der Waals surface area contributed by atoms with Gasteiger partial charge in [-0.2, -0.15) is 4.99 Å². The van der Waals surface area contributed by atoms with Crippen LogP contribution in [0.5, 0.6) is 0 Å². The Hall–Kier alpha value is -1.71.